The molecule has 0 saturated heterocycles. The summed E-state index contributed by atoms with van der Waals surface area (Å²) in [5.41, 5.74) is 1.98. The van der Waals surface area contributed by atoms with Crippen molar-refractivity contribution in [3.63, 3.8) is 0 Å². The minimum absolute atomic E-state index is 0.0274. The van der Waals surface area contributed by atoms with Crippen molar-refractivity contribution in [2.24, 2.45) is 0 Å². The fourth-order valence-corrected chi connectivity index (χ4v) is 3.73. The summed E-state index contributed by atoms with van der Waals surface area (Å²) in [6.07, 6.45) is 4.93. The molecule has 190 valence electrons. The average Bonchev–Trinajstić information content (AvgIpc) is 3.40. The first-order chi connectivity index (χ1) is 18.1. The van der Waals surface area contributed by atoms with Gasteiger partial charge in [0.15, 0.2) is 0 Å². The normalized spacial score (nSPS) is 10.7. The topological polar surface area (TPSA) is 94.3 Å². The molecule has 1 N–H and O–H groups in total. The number of ketones is 1. The number of aryl methyl sites for hydroxylation is 1. The highest BCUT2D eigenvalue weighted by Gasteiger charge is 2.15. The zero-order chi connectivity index (χ0) is 25.9. The summed E-state index contributed by atoms with van der Waals surface area (Å²) in [5, 5.41) is 10.5. The Morgan fingerprint density at radius 2 is 1.49 bits per heavy atom. The molecule has 0 unspecified atom stereocenters. The van der Waals surface area contributed by atoms with Crippen LogP contribution in [0.1, 0.15) is 43.6 Å². The van der Waals surface area contributed by atoms with Gasteiger partial charge < -0.3 is 14.5 Å². The molecule has 4 aromatic rings. The predicted molar refractivity (Wildman–Crippen MR) is 136 cm³/mol. The van der Waals surface area contributed by atoms with Crippen molar-refractivity contribution in [3.8, 4) is 23.0 Å². The number of nitrogens with one attached hydrogen (secondary N) is 1. The van der Waals surface area contributed by atoms with E-state index in [1.807, 2.05) is 18.2 Å². The lowest BCUT2D eigenvalue weighted by molar-refractivity contribution is -0.138. The zero-order valence-corrected chi connectivity index (χ0v) is 20.4. The molecule has 0 radical (unpaired) electrons. The first kappa shape index (κ1) is 25.8. The second kappa shape index (κ2) is 13.1. The standard InChI is InChI=1S/C29H28FN3O4/c30-23-14-18-25(19-15-23)36-24-16-12-22(13-17-24)29-33-32-27(37-29)20-31-28(35)26(34)11-7-2-1-4-8-21-9-5-3-6-10-21/h3,5-6,9-10,12-19H,1-2,4,7-8,11,20H2,(H,31,35). The molecular formula is C29H28FN3O4. The van der Waals surface area contributed by atoms with E-state index in [2.05, 4.69) is 27.6 Å². The van der Waals surface area contributed by atoms with E-state index in [-0.39, 0.29) is 30.6 Å². The number of benzene rings is 3. The van der Waals surface area contributed by atoms with Crippen LogP contribution in [0.25, 0.3) is 11.5 Å². The molecular weight excluding hydrogens is 473 g/mol. The minimum atomic E-state index is -0.647. The van der Waals surface area contributed by atoms with Gasteiger partial charge in [0.05, 0.1) is 6.54 Å². The van der Waals surface area contributed by atoms with E-state index in [4.69, 9.17) is 9.15 Å². The number of rotatable bonds is 13. The lowest BCUT2D eigenvalue weighted by Gasteiger charge is -2.05. The molecule has 1 amide bonds. The molecule has 7 nitrogen and oxygen atoms in total. The van der Waals surface area contributed by atoms with Gasteiger partial charge in [0.2, 0.25) is 17.6 Å². The number of nitrogens with zero attached hydrogens (tertiary/aromatic N) is 2. The van der Waals surface area contributed by atoms with E-state index < -0.39 is 11.7 Å². The van der Waals surface area contributed by atoms with Gasteiger partial charge in [-0.25, -0.2) is 4.39 Å². The number of carbonyl (C=O) groups excluding carboxylic acids is 2. The molecule has 0 bridgehead atoms. The molecule has 0 aliphatic carbocycles. The van der Waals surface area contributed by atoms with Crippen molar-refractivity contribution in [2.75, 3.05) is 0 Å². The summed E-state index contributed by atoms with van der Waals surface area (Å²) in [7, 11) is 0. The molecule has 37 heavy (non-hydrogen) atoms. The Balaban J connectivity index is 1.15. The second-order valence-electron chi connectivity index (χ2n) is 8.59. The lowest BCUT2D eigenvalue weighted by atomic mass is 10.0. The largest absolute Gasteiger partial charge is 0.457 e. The van der Waals surface area contributed by atoms with Crippen LogP contribution in [0.4, 0.5) is 4.39 Å². The van der Waals surface area contributed by atoms with Gasteiger partial charge in [-0.1, -0.05) is 43.2 Å². The van der Waals surface area contributed by atoms with Gasteiger partial charge in [-0.05, 0) is 73.4 Å². The molecule has 8 heteroatoms. The molecule has 0 aliphatic heterocycles. The highest BCUT2D eigenvalue weighted by Crippen LogP contribution is 2.25. The maximum Gasteiger partial charge on any atom is 0.287 e. The van der Waals surface area contributed by atoms with Crippen LogP contribution in [-0.2, 0) is 22.6 Å². The third-order valence-electron chi connectivity index (χ3n) is 5.73. The Bertz CT molecular complexity index is 1290. The summed E-state index contributed by atoms with van der Waals surface area (Å²) in [4.78, 5) is 24.2. The SMILES string of the molecule is O=C(CCCCCCc1ccccc1)C(=O)NCc1nnc(-c2ccc(Oc3ccc(F)cc3)cc2)o1. The number of carbonyl (C=O) groups is 2. The molecule has 0 fully saturated rings. The van der Waals surface area contributed by atoms with Crippen LogP contribution >= 0.6 is 0 Å². The number of hydrogen-bond acceptors (Lipinski definition) is 6. The predicted octanol–water partition coefficient (Wildman–Crippen LogP) is 6.05. The van der Waals surface area contributed by atoms with Crippen molar-refractivity contribution in [3.05, 3.63) is 96.1 Å². The molecule has 4 rings (SSSR count). The minimum Gasteiger partial charge on any atom is -0.457 e. The van der Waals surface area contributed by atoms with Crippen molar-refractivity contribution in [1.82, 2.24) is 15.5 Å². The third kappa shape index (κ3) is 8.10. The summed E-state index contributed by atoms with van der Waals surface area (Å²) >= 11 is 0. The van der Waals surface area contributed by atoms with Crippen LogP contribution in [0.2, 0.25) is 0 Å². The average molecular weight is 502 g/mol. The number of amides is 1. The molecule has 0 saturated carbocycles. The fraction of sp³-hybridized carbons (Fsp3) is 0.241. The molecule has 0 atom stereocenters. The smallest absolute Gasteiger partial charge is 0.287 e. The molecule has 1 heterocycles. The summed E-state index contributed by atoms with van der Waals surface area (Å²) in [6, 6.07) is 23.0. The van der Waals surface area contributed by atoms with E-state index in [0.717, 1.165) is 25.7 Å². The number of unbranched alkanes of at least 4 members (excludes halogenated alkanes) is 3. The van der Waals surface area contributed by atoms with Crippen molar-refractivity contribution in [1.29, 1.82) is 0 Å². The Morgan fingerprint density at radius 1 is 0.811 bits per heavy atom. The Hall–Kier alpha value is -4.33. The number of aromatic nitrogens is 2. The van der Waals surface area contributed by atoms with E-state index in [0.29, 0.717) is 23.5 Å². The highest BCUT2D eigenvalue weighted by atomic mass is 19.1. The van der Waals surface area contributed by atoms with E-state index in [1.54, 1.807) is 36.4 Å². The maximum atomic E-state index is 13.0. The third-order valence-corrected chi connectivity index (χ3v) is 5.73. The summed E-state index contributed by atoms with van der Waals surface area (Å²) in [5.74, 6) is 0.134. The van der Waals surface area contributed by atoms with E-state index >= 15 is 0 Å². The van der Waals surface area contributed by atoms with Crippen LogP contribution in [0, 0.1) is 5.82 Å². The first-order valence-corrected chi connectivity index (χ1v) is 12.3. The first-order valence-electron chi connectivity index (χ1n) is 12.3. The van der Waals surface area contributed by atoms with Crippen molar-refractivity contribution < 1.29 is 23.1 Å². The number of hydrogen-bond donors (Lipinski definition) is 1. The van der Waals surface area contributed by atoms with E-state index in [1.165, 1.54) is 17.7 Å². The molecule has 0 aliphatic rings. The lowest BCUT2D eigenvalue weighted by Crippen LogP contribution is -2.30. The van der Waals surface area contributed by atoms with Gasteiger partial charge in [0.1, 0.15) is 17.3 Å². The van der Waals surface area contributed by atoms with Gasteiger partial charge in [-0.2, -0.15) is 0 Å². The van der Waals surface area contributed by atoms with Gasteiger partial charge in [-0.3, -0.25) is 9.59 Å². The number of halogens is 1. The Morgan fingerprint density at radius 3 is 2.22 bits per heavy atom. The second-order valence-corrected chi connectivity index (χ2v) is 8.59. The number of ether oxygens (including phenoxy) is 1. The fourth-order valence-electron chi connectivity index (χ4n) is 3.73. The zero-order valence-electron chi connectivity index (χ0n) is 20.4. The van der Waals surface area contributed by atoms with Crippen molar-refractivity contribution in [2.45, 2.75) is 45.1 Å². The Kier molecular flexibility index (Phi) is 9.12. The molecule has 0 spiro atoms. The van der Waals surface area contributed by atoms with Gasteiger partial charge >= 0.3 is 0 Å². The summed E-state index contributed by atoms with van der Waals surface area (Å²) < 4.78 is 24.3. The number of Topliss-reactive ketones (excluding diaryl/α,β-unsaturated/α-hetero) is 1. The highest BCUT2D eigenvalue weighted by molar-refractivity contribution is 6.36. The maximum absolute atomic E-state index is 13.0. The quantitative estimate of drug-likeness (QED) is 0.177. The van der Waals surface area contributed by atoms with Crippen LogP contribution in [-0.4, -0.2) is 21.9 Å². The van der Waals surface area contributed by atoms with Gasteiger partial charge in [-0.15, -0.1) is 10.2 Å². The van der Waals surface area contributed by atoms with Crippen LogP contribution in [0.5, 0.6) is 11.5 Å². The van der Waals surface area contributed by atoms with Gasteiger partial charge in [0.25, 0.3) is 5.91 Å². The van der Waals surface area contributed by atoms with Crippen LogP contribution < -0.4 is 10.1 Å². The van der Waals surface area contributed by atoms with Crippen molar-refractivity contribution >= 4 is 11.7 Å². The summed E-state index contributed by atoms with van der Waals surface area (Å²) in [6.45, 7) is -0.0274. The Labute approximate surface area is 214 Å². The van der Waals surface area contributed by atoms with Crippen LogP contribution in [0.3, 0.4) is 0 Å². The monoisotopic (exact) mass is 501 g/mol. The van der Waals surface area contributed by atoms with Gasteiger partial charge in [0, 0.05) is 12.0 Å². The van der Waals surface area contributed by atoms with Crippen LogP contribution in [0.15, 0.2) is 83.3 Å². The van der Waals surface area contributed by atoms with E-state index in [9.17, 15) is 14.0 Å². The molecule has 3 aromatic carbocycles. The molecule has 1 aromatic heterocycles.